The molecule has 1 aromatic heterocycles. The SMILES string of the molecule is CC(C)CN1Cc2cc(N=O)c(O)cc2-c2cc(=O)c(C(=O)N=O)cn21. The van der Waals surface area contributed by atoms with Crippen LogP contribution in [0.1, 0.15) is 29.8 Å². The predicted molar refractivity (Wildman–Crippen MR) is 95.0 cm³/mol. The zero-order chi connectivity index (χ0) is 19.0. The Morgan fingerprint density at radius 3 is 2.62 bits per heavy atom. The number of phenols is 1. The third kappa shape index (κ3) is 2.87. The van der Waals surface area contributed by atoms with Crippen molar-refractivity contribution in [2.24, 2.45) is 16.3 Å². The maximum atomic E-state index is 12.3. The largest absolute Gasteiger partial charge is 0.506 e. The minimum atomic E-state index is -1.14. The van der Waals surface area contributed by atoms with Gasteiger partial charge in [0.25, 0.3) is 0 Å². The molecule has 1 aliphatic rings. The number of carbonyl (C=O) groups is 1. The highest BCUT2D eigenvalue weighted by atomic mass is 16.3. The van der Waals surface area contributed by atoms with Gasteiger partial charge in [0.15, 0.2) is 5.43 Å². The summed E-state index contributed by atoms with van der Waals surface area (Å²) in [7, 11) is 0. The molecule has 134 valence electrons. The number of nitroso groups, excluding NO2 is 2. The molecule has 0 bridgehead atoms. The summed E-state index contributed by atoms with van der Waals surface area (Å²) in [6.07, 6.45) is 1.29. The molecule has 0 spiro atoms. The van der Waals surface area contributed by atoms with Crippen LogP contribution in [0.2, 0.25) is 0 Å². The van der Waals surface area contributed by atoms with Crippen LogP contribution in [0.25, 0.3) is 11.3 Å². The molecule has 3 rings (SSSR count). The van der Waals surface area contributed by atoms with E-state index >= 15 is 0 Å². The summed E-state index contributed by atoms with van der Waals surface area (Å²) >= 11 is 0. The van der Waals surface area contributed by atoms with Gasteiger partial charge in [-0.25, -0.2) is 0 Å². The van der Waals surface area contributed by atoms with E-state index in [-0.39, 0.29) is 22.9 Å². The molecule has 0 radical (unpaired) electrons. The zero-order valence-corrected chi connectivity index (χ0v) is 14.2. The van der Waals surface area contributed by atoms with Crippen LogP contribution in [-0.4, -0.2) is 22.2 Å². The smallest absolute Gasteiger partial charge is 0.322 e. The van der Waals surface area contributed by atoms with E-state index in [0.29, 0.717) is 29.9 Å². The van der Waals surface area contributed by atoms with Gasteiger partial charge in [-0.15, -0.1) is 9.81 Å². The standard InChI is InChI=1S/C17H16N4O5/c1-9(2)6-20-7-10-3-13(18-25)16(23)4-11(10)14-5-15(22)12(8-21(14)20)17(24)19-26/h3-5,8-9,23H,6-7H2,1-2H3. The molecule has 1 aliphatic heterocycles. The Hall–Kier alpha value is -3.36. The van der Waals surface area contributed by atoms with Gasteiger partial charge < -0.3 is 10.1 Å². The van der Waals surface area contributed by atoms with E-state index in [9.17, 15) is 24.5 Å². The molecule has 1 amide bonds. The third-order valence-electron chi connectivity index (χ3n) is 4.15. The van der Waals surface area contributed by atoms with Crippen LogP contribution in [0.15, 0.2) is 39.5 Å². The number of amides is 1. The van der Waals surface area contributed by atoms with Crippen LogP contribution in [0, 0.1) is 15.7 Å². The first kappa shape index (κ1) is 17.5. The molecule has 2 aromatic rings. The third-order valence-corrected chi connectivity index (χ3v) is 4.15. The van der Waals surface area contributed by atoms with Crippen molar-refractivity contribution < 1.29 is 9.90 Å². The summed E-state index contributed by atoms with van der Waals surface area (Å²) in [4.78, 5) is 45.3. The molecule has 26 heavy (non-hydrogen) atoms. The number of carbonyl (C=O) groups excluding carboxylic acids is 1. The van der Waals surface area contributed by atoms with Crippen LogP contribution in [0.3, 0.4) is 0 Å². The maximum Gasteiger partial charge on any atom is 0.322 e. The zero-order valence-electron chi connectivity index (χ0n) is 14.2. The topological polar surface area (TPSA) is 121 Å². The van der Waals surface area contributed by atoms with Gasteiger partial charge in [-0.1, -0.05) is 13.8 Å². The Morgan fingerprint density at radius 2 is 2.00 bits per heavy atom. The van der Waals surface area contributed by atoms with Crippen LogP contribution in [0.5, 0.6) is 5.75 Å². The van der Waals surface area contributed by atoms with E-state index in [1.807, 2.05) is 18.9 Å². The van der Waals surface area contributed by atoms with Gasteiger partial charge in [0, 0.05) is 29.5 Å². The number of nitrogens with zero attached hydrogens (tertiary/aromatic N) is 4. The van der Waals surface area contributed by atoms with Crippen molar-refractivity contribution in [3.8, 4) is 17.0 Å². The van der Waals surface area contributed by atoms with Gasteiger partial charge >= 0.3 is 5.91 Å². The monoisotopic (exact) mass is 356 g/mol. The van der Waals surface area contributed by atoms with Crippen molar-refractivity contribution in [1.29, 1.82) is 0 Å². The molecule has 1 N–H and O–H groups in total. The van der Waals surface area contributed by atoms with Gasteiger partial charge in [0.1, 0.15) is 17.0 Å². The quantitative estimate of drug-likeness (QED) is 0.841. The molecular weight excluding hydrogens is 340 g/mol. The highest BCUT2D eigenvalue weighted by Crippen LogP contribution is 2.38. The average Bonchev–Trinajstić information content (AvgIpc) is 2.60. The fourth-order valence-corrected chi connectivity index (χ4v) is 3.08. The lowest BCUT2D eigenvalue weighted by atomic mass is 9.99. The number of fused-ring (bicyclic) bond motifs is 3. The van der Waals surface area contributed by atoms with Gasteiger partial charge in [-0.2, -0.15) is 0 Å². The van der Waals surface area contributed by atoms with E-state index in [4.69, 9.17) is 0 Å². The molecule has 0 atom stereocenters. The Morgan fingerprint density at radius 1 is 1.27 bits per heavy atom. The van der Waals surface area contributed by atoms with Crippen LogP contribution in [-0.2, 0) is 6.54 Å². The molecular formula is C17H16N4O5. The number of phenolic OH excluding ortho intramolecular Hbond substituents is 1. The first-order valence-electron chi connectivity index (χ1n) is 7.95. The fraction of sp³-hybridized carbons (Fsp3) is 0.294. The van der Waals surface area contributed by atoms with Crippen LogP contribution in [0.4, 0.5) is 5.69 Å². The molecule has 0 fully saturated rings. The molecule has 0 aliphatic carbocycles. The van der Waals surface area contributed by atoms with Crippen LogP contribution >= 0.6 is 0 Å². The predicted octanol–water partition coefficient (Wildman–Crippen LogP) is 2.63. The van der Waals surface area contributed by atoms with E-state index in [1.165, 1.54) is 24.4 Å². The molecule has 0 unspecified atom stereocenters. The first-order chi connectivity index (χ1) is 12.3. The summed E-state index contributed by atoms with van der Waals surface area (Å²) < 4.78 is 1.61. The molecule has 1 aromatic carbocycles. The Kier molecular flexibility index (Phi) is 4.37. The van der Waals surface area contributed by atoms with E-state index in [2.05, 4.69) is 10.4 Å². The second kappa shape index (κ2) is 6.51. The van der Waals surface area contributed by atoms with Crippen molar-refractivity contribution in [3.05, 3.63) is 55.6 Å². The van der Waals surface area contributed by atoms with E-state index < -0.39 is 11.3 Å². The summed E-state index contributed by atoms with van der Waals surface area (Å²) in [5, 5.41) is 17.0. The maximum absolute atomic E-state index is 12.3. The minimum absolute atomic E-state index is 0.0824. The van der Waals surface area contributed by atoms with Gasteiger partial charge in [-0.05, 0) is 28.8 Å². The molecule has 9 heteroatoms. The summed E-state index contributed by atoms with van der Waals surface area (Å²) in [5.41, 5.74) is 0.648. The van der Waals surface area contributed by atoms with Crippen molar-refractivity contribution in [2.45, 2.75) is 20.4 Å². The number of hydrogen-bond donors (Lipinski definition) is 1. The Bertz CT molecular complexity index is 980. The van der Waals surface area contributed by atoms with Crippen molar-refractivity contribution >= 4 is 11.6 Å². The molecule has 0 saturated carbocycles. The molecule has 9 nitrogen and oxygen atoms in total. The van der Waals surface area contributed by atoms with Gasteiger partial charge in [0.2, 0.25) is 0 Å². The van der Waals surface area contributed by atoms with Gasteiger partial charge in [-0.3, -0.25) is 14.3 Å². The first-order valence-corrected chi connectivity index (χ1v) is 7.95. The molecule has 2 heterocycles. The summed E-state index contributed by atoms with van der Waals surface area (Å²) in [5.74, 6) is -1.18. The van der Waals surface area contributed by atoms with Crippen molar-refractivity contribution in [2.75, 3.05) is 11.6 Å². The minimum Gasteiger partial charge on any atom is -0.506 e. The highest BCUT2D eigenvalue weighted by molar-refractivity contribution is 5.94. The van der Waals surface area contributed by atoms with Gasteiger partial charge in [0.05, 0.1) is 12.2 Å². The lowest BCUT2D eigenvalue weighted by Crippen LogP contribution is -2.41. The van der Waals surface area contributed by atoms with Crippen molar-refractivity contribution in [3.63, 3.8) is 0 Å². The van der Waals surface area contributed by atoms with Crippen LogP contribution < -0.4 is 10.4 Å². The second-order valence-corrected chi connectivity index (χ2v) is 6.51. The number of benzene rings is 1. The number of rotatable bonds is 4. The average molecular weight is 356 g/mol. The lowest BCUT2D eigenvalue weighted by Gasteiger charge is -2.36. The number of aromatic hydroxyl groups is 1. The highest BCUT2D eigenvalue weighted by Gasteiger charge is 2.26. The Labute approximate surface area is 147 Å². The fourth-order valence-electron chi connectivity index (χ4n) is 3.08. The number of hydrogen-bond acceptors (Lipinski definition) is 7. The summed E-state index contributed by atoms with van der Waals surface area (Å²) in [6, 6.07) is 4.06. The van der Waals surface area contributed by atoms with Crippen molar-refractivity contribution in [1.82, 2.24) is 4.68 Å². The second-order valence-electron chi connectivity index (χ2n) is 6.51. The number of aromatic nitrogens is 1. The summed E-state index contributed by atoms with van der Waals surface area (Å²) in [6.45, 7) is 4.97. The van der Waals surface area contributed by atoms with E-state index in [1.54, 1.807) is 4.68 Å². The Balaban J connectivity index is 2.27. The lowest BCUT2D eigenvalue weighted by molar-refractivity contribution is 0.0999. The van der Waals surface area contributed by atoms with E-state index in [0.717, 1.165) is 0 Å². The molecule has 0 saturated heterocycles. The normalized spacial score (nSPS) is 12.5. The number of pyridine rings is 1.